The van der Waals surface area contributed by atoms with Crippen LogP contribution in [0.5, 0.6) is 5.88 Å². The number of carbonyl (C=O) groups excluding carboxylic acids is 2. The Hall–Kier alpha value is -4.95. The Bertz CT molecular complexity index is 1780. The quantitative estimate of drug-likeness (QED) is 0.138. The van der Waals surface area contributed by atoms with E-state index >= 15 is 0 Å². The van der Waals surface area contributed by atoms with E-state index in [1.165, 1.54) is 37.8 Å². The number of amides is 1. The fourth-order valence-electron chi connectivity index (χ4n) is 5.36. The van der Waals surface area contributed by atoms with Crippen molar-refractivity contribution in [1.82, 2.24) is 9.88 Å². The van der Waals surface area contributed by atoms with Gasteiger partial charge in [0.2, 0.25) is 0 Å². The number of furan rings is 1. The van der Waals surface area contributed by atoms with Crippen LogP contribution in [0.2, 0.25) is 0 Å². The third-order valence-corrected chi connectivity index (χ3v) is 7.73. The molecule has 1 aliphatic rings. The zero-order valence-electron chi connectivity index (χ0n) is 23.4. The molecule has 0 saturated carbocycles. The van der Waals surface area contributed by atoms with Gasteiger partial charge >= 0.3 is 0 Å². The number of rotatable bonds is 9. The highest BCUT2D eigenvalue weighted by Crippen LogP contribution is 2.28. The Labute approximate surface area is 243 Å². The first-order valence-corrected chi connectivity index (χ1v) is 14.1. The molecule has 42 heavy (non-hydrogen) atoms. The number of aromatic amines is 1. The molecule has 8 nitrogen and oxygen atoms in total. The van der Waals surface area contributed by atoms with Gasteiger partial charge in [-0.2, -0.15) is 0 Å². The van der Waals surface area contributed by atoms with Gasteiger partial charge in [-0.25, -0.2) is 0 Å². The molecular formula is C34H32N4O4. The Morgan fingerprint density at radius 1 is 1.02 bits per heavy atom. The lowest BCUT2D eigenvalue weighted by atomic mass is 10.0. The molecule has 3 N–H and O–H groups in total. The van der Waals surface area contributed by atoms with E-state index in [9.17, 15) is 14.7 Å². The van der Waals surface area contributed by atoms with E-state index in [2.05, 4.69) is 32.3 Å². The second-order valence-electron chi connectivity index (χ2n) is 10.7. The Balaban J connectivity index is 1.15. The first-order valence-electron chi connectivity index (χ1n) is 14.1. The van der Waals surface area contributed by atoms with Gasteiger partial charge in [0.25, 0.3) is 5.91 Å². The van der Waals surface area contributed by atoms with E-state index < -0.39 is 0 Å². The standard InChI is InChI=1S/C34H32N4O4/c1-22-14-18-42-32(22)34(41)36-27-6-4-5-24(19-27)31(39)25-9-12-28-29(33(40)37-30(28)20-25)21-35-26-10-7-23(8-11-26)13-17-38-15-2-3-16-38/h4-12,14,18-21,37,40H,2-3,13,15-17H2,1H3,(H,36,41). The smallest absolute Gasteiger partial charge is 0.291 e. The SMILES string of the molecule is Cc1ccoc1C(=O)Nc1cccc(C(=O)c2ccc3c(C=Nc4ccc(CCN5CCCC5)cc4)c(O)[nH]c3c2)c1. The van der Waals surface area contributed by atoms with Crippen molar-refractivity contribution in [3.8, 4) is 5.88 Å². The number of anilines is 1. The maximum Gasteiger partial charge on any atom is 0.291 e. The van der Waals surface area contributed by atoms with Gasteiger partial charge in [0.15, 0.2) is 17.4 Å². The summed E-state index contributed by atoms with van der Waals surface area (Å²) in [5.41, 5.74) is 5.34. The molecule has 0 aliphatic carbocycles. The van der Waals surface area contributed by atoms with Gasteiger partial charge in [-0.1, -0.05) is 36.4 Å². The number of aliphatic imine (C=N–C) groups is 1. The zero-order valence-corrected chi connectivity index (χ0v) is 23.4. The number of aromatic nitrogens is 1. The van der Waals surface area contributed by atoms with Crippen molar-refractivity contribution >= 4 is 40.2 Å². The van der Waals surface area contributed by atoms with Crippen molar-refractivity contribution in [2.45, 2.75) is 26.2 Å². The van der Waals surface area contributed by atoms with Gasteiger partial charge in [0, 0.05) is 46.0 Å². The van der Waals surface area contributed by atoms with E-state index in [1.807, 2.05) is 12.1 Å². The van der Waals surface area contributed by atoms with Crippen LogP contribution in [0.15, 0.2) is 88.5 Å². The predicted octanol–water partition coefficient (Wildman–Crippen LogP) is 6.65. The van der Waals surface area contributed by atoms with Gasteiger partial charge in [-0.05, 0) is 81.2 Å². The summed E-state index contributed by atoms with van der Waals surface area (Å²) in [6.45, 7) is 5.28. The minimum absolute atomic E-state index is 0.0153. The molecule has 1 fully saturated rings. The summed E-state index contributed by atoms with van der Waals surface area (Å²) in [4.78, 5) is 35.9. The number of benzene rings is 3. The molecule has 0 radical (unpaired) electrons. The molecule has 1 amide bonds. The van der Waals surface area contributed by atoms with Crippen LogP contribution in [-0.4, -0.2) is 52.5 Å². The summed E-state index contributed by atoms with van der Waals surface area (Å²) in [6.07, 6.45) is 6.73. The molecule has 1 saturated heterocycles. The second-order valence-corrected chi connectivity index (χ2v) is 10.7. The summed E-state index contributed by atoms with van der Waals surface area (Å²) in [5.74, 6) is -0.379. The van der Waals surface area contributed by atoms with Crippen LogP contribution in [0.4, 0.5) is 11.4 Å². The molecular weight excluding hydrogens is 528 g/mol. The van der Waals surface area contributed by atoms with Crippen molar-refractivity contribution in [2.75, 3.05) is 25.0 Å². The fraction of sp³-hybridized carbons (Fsp3) is 0.206. The molecule has 0 atom stereocenters. The highest BCUT2D eigenvalue weighted by atomic mass is 16.3. The third-order valence-electron chi connectivity index (χ3n) is 7.73. The first-order chi connectivity index (χ1) is 20.4. The number of likely N-dealkylation sites (tertiary alicyclic amines) is 1. The van der Waals surface area contributed by atoms with Gasteiger partial charge in [-0.3, -0.25) is 14.6 Å². The molecule has 0 bridgehead atoms. The number of aromatic hydroxyl groups is 1. The van der Waals surface area contributed by atoms with Crippen LogP contribution in [0.3, 0.4) is 0 Å². The summed E-state index contributed by atoms with van der Waals surface area (Å²) in [7, 11) is 0. The van der Waals surface area contributed by atoms with Crippen LogP contribution in [0, 0.1) is 6.92 Å². The number of nitrogens with zero attached hydrogens (tertiary/aromatic N) is 2. The van der Waals surface area contributed by atoms with E-state index in [0.29, 0.717) is 27.9 Å². The average molecular weight is 561 g/mol. The molecule has 0 spiro atoms. The number of carbonyl (C=O) groups is 2. The monoisotopic (exact) mass is 560 g/mol. The number of fused-ring (bicyclic) bond motifs is 1. The van der Waals surface area contributed by atoms with Crippen LogP contribution >= 0.6 is 0 Å². The maximum atomic E-state index is 13.3. The minimum atomic E-state index is -0.381. The van der Waals surface area contributed by atoms with Crippen molar-refractivity contribution in [3.05, 3.63) is 113 Å². The normalized spacial score (nSPS) is 13.7. The van der Waals surface area contributed by atoms with Gasteiger partial charge < -0.3 is 24.7 Å². The molecule has 5 aromatic rings. The summed E-state index contributed by atoms with van der Waals surface area (Å²) in [5, 5.41) is 14.1. The summed E-state index contributed by atoms with van der Waals surface area (Å²) >= 11 is 0. The van der Waals surface area contributed by atoms with E-state index in [0.717, 1.165) is 29.6 Å². The lowest BCUT2D eigenvalue weighted by Crippen LogP contribution is -2.21. The number of aryl methyl sites for hydroxylation is 1. The van der Waals surface area contributed by atoms with Gasteiger partial charge in [-0.15, -0.1) is 0 Å². The predicted molar refractivity (Wildman–Crippen MR) is 164 cm³/mol. The molecule has 212 valence electrons. The van der Waals surface area contributed by atoms with Crippen molar-refractivity contribution in [1.29, 1.82) is 0 Å². The van der Waals surface area contributed by atoms with Gasteiger partial charge in [0.05, 0.1) is 17.5 Å². The molecule has 6 rings (SSSR count). The second kappa shape index (κ2) is 11.9. The molecule has 0 unspecified atom stereocenters. The highest BCUT2D eigenvalue weighted by Gasteiger charge is 2.17. The zero-order chi connectivity index (χ0) is 29.1. The molecule has 1 aliphatic heterocycles. The average Bonchev–Trinajstić information content (AvgIpc) is 3.75. The van der Waals surface area contributed by atoms with E-state index in [4.69, 9.17) is 4.42 Å². The topological polar surface area (TPSA) is 111 Å². The van der Waals surface area contributed by atoms with Gasteiger partial charge in [0.1, 0.15) is 0 Å². The Morgan fingerprint density at radius 3 is 2.57 bits per heavy atom. The molecule has 3 aromatic carbocycles. The summed E-state index contributed by atoms with van der Waals surface area (Å²) < 4.78 is 5.26. The van der Waals surface area contributed by atoms with Crippen LogP contribution in [-0.2, 0) is 6.42 Å². The van der Waals surface area contributed by atoms with E-state index in [-0.39, 0.29) is 23.3 Å². The lowest BCUT2D eigenvalue weighted by Gasteiger charge is -2.14. The molecule has 3 heterocycles. The number of ketones is 1. The fourth-order valence-corrected chi connectivity index (χ4v) is 5.36. The Kier molecular flexibility index (Phi) is 7.70. The lowest BCUT2D eigenvalue weighted by molar-refractivity contribution is 0.0993. The van der Waals surface area contributed by atoms with Crippen molar-refractivity contribution in [3.63, 3.8) is 0 Å². The van der Waals surface area contributed by atoms with E-state index in [1.54, 1.807) is 61.7 Å². The Morgan fingerprint density at radius 2 is 1.81 bits per heavy atom. The van der Waals surface area contributed by atoms with Crippen molar-refractivity contribution in [2.24, 2.45) is 4.99 Å². The number of hydrogen-bond donors (Lipinski definition) is 3. The van der Waals surface area contributed by atoms with Crippen LogP contribution in [0.1, 0.15) is 56.0 Å². The first kappa shape index (κ1) is 27.2. The highest BCUT2D eigenvalue weighted by molar-refractivity contribution is 6.13. The van der Waals surface area contributed by atoms with Crippen LogP contribution in [0.25, 0.3) is 10.9 Å². The van der Waals surface area contributed by atoms with Crippen molar-refractivity contribution < 1.29 is 19.1 Å². The van der Waals surface area contributed by atoms with Crippen LogP contribution < -0.4 is 5.32 Å². The summed E-state index contributed by atoms with van der Waals surface area (Å²) in [6, 6.07) is 21.9. The number of nitrogens with one attached hydrogen (secondary N) is 2. The third kappa shape index (κ3) is 5.89. The minimum Gasteiger partial charge on any atom is -0.494 e. The maximum absolute atomic E-state index is 13.3. The number of hydrogen-bond acceptors (Lipinski definition) is 6. The molecule has 8 heteroatoms. The molecule has 2 aromatic heterocycles. The number of H-pyrrole nitrogens is 1. The largest absolute Gasteiger partial charge is 0.494 e.